The maximum absolute atomic E-state index is 12.1. The molecule has 0 spiro atoms. The molecule has 2 aromatic rings. The van der Waals surface area contributed by atoms with E-state index in [1.54, 1.807) is 31.2 Å². The van der Waals surface area contributed by atoms with E-state index in [4.69, 9.17) is 11.6 Å². The van der Waals surface area contributed by atoms with Crippen molar-refractivity contribution >= 4 is 34.6 Å². The molecule has 128 valence electrons. The van der Waals surface area contributed by atoms with E-state index in [0.717, 1.165) is 18.2 Å². The fourth-order valence-electron chi connectivity index (χ4n) is 1.89. The third kappa shape index (κ3) is 4.58. The Bertz CT molecular complexity index is 848. The van der Waals surface area contributed by atoms with Gasteiger partial charge in [-0.05, 0) is 24.6 Å². The smallest absolute Gasteiger partial charge is 0.267 e. The van der Waals surface area contributed by atoms with Gasteiger partial charge in [0.15, 0.2) is 0 Å². The van der Waals surface area contributed by atoms with Crippen LogP contribution in [0.1, 0.15) is 22.8 Å². The summed E-state index contributed by atoms with van der Waals surface area (Å²) >= 11 is 5.78. The molecule has 0 aromatic heterocycles. The minimum atomic E-state index is -0.813. The predicted octanol–water partition coefficient (Wildman–Crippen LogP) is 3.31. The number of hydrogen-bond donors (Lipinski definition) is 1. The molecule has 0 saturated heterocycles. The number of benzene rings is 2. The third-order valence-corrected chi connectivity index (χ3v) is 3.43. The van der Waals surface area contributed by atoms with E-state index >= 15 is 0 Å². The Kier molecular flexibility index (Phi) is 5.40. The molecular weight excluding hydrogens is 352 g/mol. The van der Waals surface area contributed by atoms with E-state index in [1.807, 2.05) is 0 Å². The Labute approximate surface area is 146 Å². The fraction of sp³-hybridized carbons (Fsp3) is 0.0667. The number of halogens is 1. The molecule has 0 unspecified atom stereocenters. The van der Waals surface area contributed by atoms with Gasteiger partial charge in [0.25, 0.3) is 17.3 Å². The second-order valence-electron chi connectivity index (χ2n) is 4.90. The van der Waals surface area contributed by atoms with Crippen LogP contribution in [0.25, 0.3) is 0 Å². The first-order chi connectivity index (χ1) is 11.8. The molecule has 0 fully saturated rings. The molecule has 0 radical (unpaired) electrons. The second kappa shape index (κ2) is 7.49. The van der Waals surface area contributed by atoms with Crippen molar-refractivity contribution in [3.63, 3.8) is 0 Å². The van der Waals surface area contributed by atoms with Crippen molar-refractivity contribution in [2.75, 3.05) is 0 Å². The Hall–Kier alpha value is -3.33. The van der Waals surface area contributed by atoms with E-state index in [9.17, 15) is 25.0 Å². The van der Waals surface area contributed by atoms with E-state index in [1.165, 1.54) is 0 Å². The molecule has 0 heterocycles. The zero-order valence-corrected chi connectivity index (χ0v) is 13.6. The lowest BCUT2D eigenvalue weighted by Crippen LogP contribution is -2.19. The van der Waals surface area contributed by atoms with Crippen molar-refractivity contribution in [3.05, 3.63) is 78.8 Å². The minimum absolute atomic E-state index is 0.242. The largest absolute Gasteiger partial charge is 0.277 e. The Morgan fingerprint density at radius 1 is 1.00 bits per heavy atom. The van der Waals surface area contributed by atoms with Gasteiger partial charge in [0, 0.05) is 17.2 Å². The van der Waals surface area contributed by atoms with Gasteiger partial charge in [0.1, 0.15) is 0 Å². The summed E-state index contributed by atoms with van der Waals surface area (Å²) in [5.74, 6) is -0.805. The molecule has 1 N–H and O–H groups in total. The van der Waals surface area contributed by atoms with Gasteiger partial charge in [-0.2, -0.15) is 5.10 Å². The topological polar surface area (TPSA) is 128 Å². The molecule has 2 aromatic carbocycles. The summed E-state index contributed by atoms with van der Waals surface area (Å²) in [6, 6.07) is 9.37. The molecule has 2 rings (SSSR count). The van der Waals surface area contributed by atoms with Crippen molar-refractivity contribution in [1.29, 1.82) is 0 Å². The number of rotatable bonds is 5. The maximum Gasteiger partial charge on any atom is 0.277 e. The standard InChI is InChI=1S/C15H11ClN4O5/c1-9(10-2-4-12(16)5-3-10)17-18-15(21)11-6-13(19(22)23)8-14(7-11)20(24)25/h2-8H,1H3,(H,18,21)/b17-9+. The highest BCUT2D eigenvalue weighted by molar-refractivity contribution is 6.30. The van der Waals surface area contributed by atoms with Crippen molar-refractivity contribution in [2.24, 2.45) is 5.10 Å². The normalized spacial score (nSPS) is 11.0. The SMILES string of the molecule is C/C(=N\NC(=O)c1cc([N+](=O)[O-])cc([N+](=O)[O-])c1)c1ccc(Cl)cc1. The Balaban J connectivity index is 2.25. The van der Waals surface area contributed by atoms with Crippen LogP contribution in [0.3, 0.4) is 0 Å². The van der Waals surface area contributed by atoms with Crippen LogP contribution in [0, 0.1) is 20.2 Å². The van der Waals surface area contributed by atoms with Gasteiger partial charge in [0.2, 0.25) is 0 Å². The summed E-state index contributed by atoms with van der Waals surface area (Å²) < 4.78 is 0. The predicted molar refractivity (Wildman–Crippen MR) is 90.9 cm³/mol. The Morgan fingerprint density at radius 2 is 1.52 bits per heavy atom. The molecule has 9 nitrogen and oxygen atoms in total. The molecule has 25 heavy (non-hydrogen) atoms. The molecule has 0 saturated carbocycles. The number of hydrazone groups is 1. The van der Waals surface area contributed by atoms with Crippen LogP contribution in [0.2, 0.25) is 5.02 Å². The molecular formula is C15H11ClN4O5. The van der Waals surface area contributed by atoms with Gasteiger partial charge in [-0.1, -0.05) is 23.7 Å². The van der Waals surface area contributed by atoms with Crippen LogP contribution in [0.5, 0.6) is 0 Å². The molecule has 0 atom stereocenters. The zero-order chi connectivity index (χ0) is 18.6. The number of nitrogens with zero attached hydrogens (tertiary/aromatic N) is 3. The summed E-state index contributed by atoms with van der Waals surface area (Å²) in [4.78, 5) is 32.2. The number of nitrogens with one attached hydrogen (secondary N) is 1. The first kappa shape index (κ1) is 18.0. The van der Waals surface area contributed by atoms with E-state index < -0.39 is 27.1 Å². The van der Waals surface area contributed by atoms with E-state index in [0.29, 0.717) is 16.3 Å². The lowest BCUT2D eigenvalue weighted by molar-refractivity contribution is -0.394. The molecule has 1 amide bonds. The van der Waals surface area contributed by atoms with Crippen LogP contribution in [-0.4, -0.2) is 21.5 Å². The number of non-ortho nitro benzene ring substituents is 2. The first-order valence-corrected chi connectivity index (χ1v) is 7.20. The highest BCUT2D eigenvalue weighted by Crippen LogP contribution is 2.22. The number of nitro groups is 2. The molecule has 0 aliphatic rings. The van der Waals surface area contributed by atoms with Gasteiger partial charge in [-0.15, -0.1) is 0 Å². The number of hydrogen-bond acceptors (Lipinski definition) is 6. The van der Waals surface area contributed by atoms with Crippen LogP contribution in [0.15, 0.2) is 47.6 Å². The van der Waals surface area contributed by atoms with Crippen LogP contribution < -0.4 is 5.43 Å². The second-order valence-corrected chi connectivity index (χ2v) is 5.33. The summed E-state index contributed by atoms with van der Waals surface area (Å²) in [6.45, 7) is 1.64. The summed E-state index contributed by atoms with van der Waals surface area (Å²) in [6.07, 6.45) is 0. The minimum Gasteiger partial charge on any atom is -0.267 e. The number of carbonyl (C=O) groups excluding carboxylic acids is 1. The molecule has 0 aliphatic carbocycles. The molecule has 10 heteroatoms. The van der Waals surface area contributed by atoms with Gasteiger partial charge >= 0.3 is 0 Å². The van der Waals surface area contributed by atoms with Crippen LogP contribution >= 0.6 is 11.6 Å². The lowest BCUT2D eigenvalue weighted by atomic mass is 10.1. The lowest BCUT2D eigenvalue weighted by Gasteiger charge is -2.04. The quantitative estimate of drug-likeness (QED) is 0.495. The molecule has 0 bridgehead atoms. The number of carbonyl (C=O) groups is 1. The summed E-state index contributed by atoms with van der Waals surface area (Å²) in [5, 5.41) is 26.1. The molecule has 0 aliphatic heterocycles. The van der Waals surface area contributed by atoms with Crippen LogP contribution in [-0.2, 0) is 0 Å². The van der Waals surface area contributed by atoms with Gasteiger partial charge in [0.05, 0.1) is 27.2 Å². The summed E-state index contributed by atoms with van der Waals surface area (Å²) in [5.41, 5.74) is 2.02. The van der Waals surface area contributed by atoms with Gasteiger partial charge in [-0.3, -0.25) is 25.0 Å². The Morgan fingerprint density at radius 3 is 2.00 bits per heavy atom. The van der Waals surface area contributed by atoms with E-state index in [-0.39, 0.29) is 5.56 Å². The highest BCUT2D eigenvalue weighted by atomic mass is 35.5. The average molecular weight is 363 g/mol. The van der Waals surface area contributed by atoms with Crippen molar-refractivity contribution in [3.8, 4) is 0 Å². The first-order valence-electron chi connectivity index (χ1n) is 6.82. The maximum atomic E-state index is 12.1. The van der Waals surface area contributed by atoms with Gasteiger partial charge in [-0.25, -0.2) is 5.43 Å². The summed E-state index contributed by atoms with van der Waals surface area (Å²) in [7, 11) is 0. The third-order valence-electron chi connectivity index (χ3n) is 3.17. The van der Waals surface area contributed by atoms with Crippen molar-refractivity contribution < 1.29 is 14.6 Å². The van der Waals surface area contributed by atoms with E-state index in [2.05, 4.69) is 10.5 Å². The van der Waals surface area contributed by atoms with Crippen LogP contribution in [0.4, 0.5) is 11.4 Å². The zero-order valence-electron chi connectivity index (χ0n) is 12.8. The van der Waals surface area contributed by atoms with Crippen molar-refractivity contribution in [1.82, 2.24) is 5.43 Å². The monoisotopic (exact) mass is 362 g/mol. The van der Waals surface area contributed by atoms with Gasteiger partial charge < -0.3 is 0 Å². The number of amides is 1. The highest BCUT2D eigenvalue weighted by Gasteiger charge is 2.19. The fourth-order valence-corrected chi connectivity index (χ4v) is 2.02. The van der Waals surface area contributed by atoms with Crippen molar-refractivity contribution in [2.45, 2.75) is 6.92 Å². The number of nitro benzene ring substituents is 2. The average Bonchev–Trinajstić information content (AvgIpc) is 2.59.